The third-order valence-corrected chi connectivity index (χ3v) is 5.67. The van der Waals surface area contributed by atoms with Crippen molar-refractivity contribution in [3.8, 4) is 11.1 Å². The Hall–Kier alpha value is -4.30. The van der Waals surface area contributed by atoms with Gasteiger partial charge in [-0.2, -0.15) is 13.2 Å². The van der Waals surface area contributed by atoms with Gasteiger partial charge in [0.1, 0.15) is 11.6 Å². The first-order valence-corrected chi connectivity index (χ1v) is 11.4. The number of nitrogens with zero attached hydrogens (tertiary/aromatic N) is 3. The van der Waals surface area contributed by atoms with Gasteiger partial charge in [-0.25, -0.2) is 19.2 Å². The number of halogens is 4. The number of nitrogens with one attached hydrogen (secondary N) is 4. The van der Waals surface area contributed by atoms with Gasteiger partial charge in [0.25, 0.3) is 0 Å². The van der Waals surface area contributed by atoms with E-state index in [-0.39, 0.29) is 17.3 Å². The van der Waals surface area contributed by atoms with Gasteiger partial charge < -0.3 is 20.8 Å². The predicted molar refractivity (Wildman–Crippen MR) is 134 cm³/mol. The van der Waals surface area contributed by atoms with Gasteiger partial charge in [-0.3, -0.25) is 15.6 Å². The summed E-state index contributed by atoms with van der Waals surface area (Å²) in [6.07, 6.45) is -2.72. The predicted octanol–water partition coefficient (Wildman–Crippen LogP) is 4.02. The molecule has 1 aliphatic heterocycles. The number of ether oxygens (including phenoxy) is 1. The van der Waals surface area contributed by atoms with Crippen molar-refractivity contribution in [2.24, 2.45) is 10.7 Å². The summed E-state index contributed by atoms with van der Waals surface area (Å²) in [7, 11) is 0. The first-order chi connectivity index (χ1) is 18.1. The molecular weight excluding hydrogens is 508 g/mol. The van der Waals surface area contributed by atoms with E-state index in [1.807, 2.05) is 0 Å². The number of hydrogen-bond acceptors (Lipinski definition) is 5. The van der Waals surface area contributed by atoms with E-state index in [0.29, 0.717) is 42.6 Å². The summed E-state index contributed by atoms with van der Waals surface area (Å²) in [6, 6.07) is 6.26. The third kappa shape index (κ3) is 6.52. The number of morpholine rings is 1. The van der Waals surface area contributed by atoms with Crippen molar-refractivity contribution in [2.75, 3.05) is 36.9 Å². The molecule has 1 aliphatic rings. The van der Waals surface area contributed by atoms with Crippen LogP contribution in [0.3, 0.4) is 0 Å². The van der Waals surface area contributed by atoms with Crippen molar-refractivity contribution < 1.29 is 27.1 Å². The zero-order valence-electron chi connectivity index (χ0n) is 19.9. The van der Waals surface area contributed by atoms with Crippen LogP contribution in [0.4, 0.5) is 33.9 Å². The molecule has 1 fully saturated rings. The molecule has 10 nitrogen and oxygen atoms in total. The van der Waals surface area contributed by atoms with E-state index < -0.39 is 23.6 Å². The van der Waals surface area contributed by atoms with Crippen LogP contribution >= 0.6 is 0 Å². The molecule has 0 unspecified atom stereocenters. The third-order valence-electron chi connectivity index (χ3n) is 5.67. The number of amides is 2. The Morgan fingerprint density at radius 1 is 1.21 bits per heavy atom. The molecule has 0 spiro atoms. The van der Waals surface area contributed by atoms with E-state index in [1.54, 1.807) is 6.07 Å². The lowest BCUT2D eigenvalue weighted by atomic mass is 10.0. The van der Waals surface area contributed by atoms with Crippen LogP contribution in [0, 0.1) is 11.2 Å². The minimum Gasteiger partial charge on any atom is -0.390 e. The highest BCUT2D eigenvalue weighted by Gasteiger charge is 2.31. The van der Waals surface area contributed by atoms with Crippen molar-refractivity contribution >= 4 is 29.7 Å². The van der Waals surface area contributed by atoms with Gasteiger partial charge in [0, 0.05) is 37.1 Å². The number of H-pyrrole nitrogens is 1. The standard InChI is InChI=1S/C24H24F4N8O2/c25-18-9-14(1-2-19(18)34-23(37)35-20-10-15(3-4-31-20)24(26,27)28)17-11-16(12-36-5-7-38-8-6-36)33-21(17)22(30)32-13-29/h1-4,9-11,13,33H,5-8,12H2,(H3,29,30,32)(H2,31,34,35,37). The number of aromatic amines is 1. The molecule has 0 saturated carbocycles. The molecule has 0 bridgehead atoms. The van der Waals surface area contributed by atoms with Gasteiger partial charge in [0.15, 0.2) is 5.84 Å². The Bertz CT molecular complexity index is 1350. The first kappa shape index (κ1) is 26.8. The summed E-state index contributed by atoms with van der Waals surface area (Å²) in [5.41, 5.74) is 6.19. The Kier molecular flexibility index (Phi) is 8.02. The molecule has 14 heteroatoms. The van der Waals surface area contributed by atoms with Crippen LogP contribution in [0.2, 0.25) is 0 Å². The molecule has 2 aromatic heterocycles. The van der Waals surface area contributed by atoms with Crippen molar-refractivity contribution in [1.29, 1.82) is 5.41 Å². The average Bonchev–Trinajstić information content (AvgIpc) is 3.29. The van der Waals surface area contributed by atoms with Crippen molar-refractivity contribution in [2.45, 2.75) is 12.7 Å². The summed E-state index contributed by atoms with van der Waals surface area (Å²) in [5, 5.41) is 12.6. The Morgan fingerprint density at radius 3 is 2.66 bits per heavy atom. The molecular formula is C24H24F4N8O2. The lowest BCUT2D eigenvalue weighted by Crippen LogP contribution is -2.35. The van der Waals surface area contributed by atoms with Gasteiger partial charge in [-0.15, -0.1) is 0 Å². The molecule has 4 rings (SSSR count). The average molecular weight is 533 g/mol. The summed E-state index contributed by atoms with van der Waals surface area (Å²) < 4.78 is 59.0. The Labute approximate surface area is 214 Å². The molecule has 2 amide bonds. The lowest BCUT2D eigenvalue weighted by Gasteiger charge is -2.25. The fourth-order valence-electron chi connectivity index (χ4n) is 3.88. The van der Waals surface area contributed by atoms with E-state index in [9.17, 15) is 22.4 Å². The Morgan fingerprint density at radius 2 is 1.97 bits per heavy atom. The normalized spacial score (nSPS) is 14.5. The summed E-state index contributed by atoms with van der Waals surface area (Å²) in [6.45, 7) is 3.28. The number of alkyl halides is 3. The molecule has 1 saturated heterocycles. The van der Waals surface area contributed by atoms with Crippen LogP contribution in [0.1, 0.15) is 17.0 Å². The lowest BCUT2D eigenvalue weighted by molar-refractivity contribution is -0.137. The highest BCUT2D eigenvalue weighted by atomic mass is 19.4. The molecule has 3 heterocycles. The van der Waals surface area contributed by atoms with Gasteiger partial charge in [-0.05, 0) is 35.9 Å². The number of carbonyl (C=O) groups excluding carboxylic acids is 1. The van der Waals surface area contributed by atoms with Crippen LogP contribution in [0.15, 0.2) is 47.6 Å². The second kappa shape index (κ2) is 11.4. The van der Waals surface area contributed by atoms with Gasteiger partial charge in [0.05, 0.1) is 36.5 Å². The van der Waals surface area contributed by atoms with Crippen molar-refractivity contribution in [3.05, 3.63) is 65.4 Å². The quantitative estimate of drug-likeness (QED) is 0.185. The number of carbonyl (C=O) groups is 1. The smallest absolute Gasteiger partial charge is 0.390 e. The summed E-state index contributed by atoms with van der Waals surface area (Å²) in [4.78, 5) is 25.1. The molecule has 0 radical (unpaired) electrons. The molecule has 200 valence electrons. The molecule has 6 N–H and O–H groups in total. The largest absolute Gasteiger partial charge is 0.416 e. The number of nitrogens with two attached hydrogens (primary N) is 1. The van der Waals surface area contributed by atoms with Crippen molar-refractivity contribution in [1.82, 2.24) is 14.9 Å². The second-order valence-electron chi connectivity index (χ2n) is 8.30. The highest BCUT2D eigenvalue weighted by Crippen LogP contribution is 2.31. The number of anilines is 2. The zero-order valence-corrected chi connectivity index (χ0v) is 19.9. The van der Waals surface area contributed by atoms with E-state index in [0.717, 1.165) is 37.4 Å². The number of amidine groups is 1. The zero-order chi connectivity index (χ0) is 27.3. The maximum atomic E-state index is 15.0. The van der Waals surface area contributed by atoms with Crippen molar-refractivity contribution in [3.63, 3.8) is 0 Å². The summed E-state index contributed by atoms with van der Waals surface area (Å²) >= 11 is 0. The number of hydrogen-bond donors (Lipinski definition) is 5. The maximum absolute atomic E-state index is 15.0. The second-order valence-corrected chi connectivity index (χ2v) is 8.30. The van der Waals surface area contributed by atoms with Crippen LogP contribution in [0.25, 0.3) is 11.1 Å². The monoisotopic (exact) mass is 532 g/mol. The number of benzene rings is 1. The molecule has 3 aromatic rings. The first-order valence-electron chi connectivity index (χ1n) is 11.4. The van der Waals surface area contributed by atoms with E-state index >= 15 is 0 Å². The van der Waals surface area contributed by atoms with E-state index in [2.05, 4.69) is 30.5 Å². The Balaban J connectivity index is 1.52. The van der Waals surface area contributed by atoms with E-state index in [4.69, 9.17) is 15.9 Å². The number of urea groups is 1. The van der Waals surface area contributed by atoms with Gasteiger partial charge in [-0.1, -0.05) is 6.07 Å². The fraction of sp³-hybridized carbons (Fsp3) is 0.250. The fourth-order valence-corrected chi connectivity index (χ4v) is 3.88. The van der Waals surface area contributed by atoms with Crippen LogP contribution in [-0.2, 0) is 17.5 Å². The molecule has 1 aromatic carbocycles. The van der Waals surface area contributed by atoms with Gasteiger partial charge >= 0.3 is 12.2 Å². The number of aromatic nitrogens is 2. The number of pyridine rings is 1. The van der Waals surface area contributed by atoms with E-state index in [1.165, 1.54) is 18.2 Å². The van der Waals surface area contributed by atoms with Crippen LogP contribution < -0.4 is 16.4 Å². The minimum absolute atomic E-state index is 0.147. The van der Waals surface area contributed by atoms with Crippen LogP contribution in [0.5, 0.6) is 0 Å². The molecule has 0 aliphatic carbocycles. The molecule has 38 heavy (non-hydrogen) atoms. The number of rotatable bonds is 6. The molecule has 0 atom stereocenters. The minimum atomic E-state index is -4.61. The maximum Gasteiger partial charge on any atom is 0.416 e. The highest BCUT2D eigenvalue weighted by molar-refractivity contribution is 6.04. The SMILES string of the molecule is N=C(N=CN)c1[nH]c(CN2CCOCC2)cc1-c1ccc(NC(=O)Nc2cc(C(F)(F)F)ccn2)c(F)c1. The topological polar surface area (TPSA) is 145 Å². The summed E-state index contributed by atoms with van der Waals surface area (Å²) in [5.74, 6) is -1.30. The van der Waals surface area contributed by atoms with Gasteiger partial charge in [0.2, 0.25) is 0 Å². The number of aliphatic imine (C=N–C) groups is 1. The van der Waals surface area contributed by atoms with Crippen LogP contribution in [-0.4, -0.2) is 59.4 Å².